The highest BCUT2D eigenvalue weighted by molar-refractivity contribution is 6.33. The van der Waals surface area contributed by atoms with Gasteiger partial charge >= 0.3 is 5.97 Å². The Balaban J connectivity index is 1.50. The molecule has 1 aliphatic heterocycles. The van der Waals surface area contributed by atoms with Gasteiger partial charge in [-0.25, -0.2) is 0 Å². The standard InChI is InChI=1S/C19H19ClN2O5/c1-11-6-7-15(14(20)8-11)21-16(23)10-27-17(24)9-22-18(25)12-4-2-3-5-13(12)19(22)26/h2-3,6-8,12-13H,4-5,9-10H2,1H3,(H,21,23)/t12-,13+. The van der Waals surface area contributed by atoms with E-state index in [1.807, 2.05) is 19.1 Å². The van der Waals surface area contributed by atoms with E-state index in [-0.39, 0.29) is 11.8 Å². The van der Waals surface area contributed by atoms with Gasteiger partial charge < -0.3 is 10.1 Å². The first-order chi connectivity index (χ1) is 12.9. The molecule has 0 saturated carbocycles. The van der Waals surface area contributed by atoms with Gasteiger partial charge in [-0.05, 0) is 37.5 Å². The molecule has 1 N–H and O–H groups in total. The number of allylic oxidation sites excluding steroid dienone is 2. The van der Waals surface area contributed by atoms with Crippen LogP contribution in [0, 0.1) is 18.8 Å². The molecule has 3 rings (SSSR count). The number of esters is 1. The van der Waals surface area contributed by atoms with Gasteiger partial charge in [-0.3, -0.25) is 24.1 Å². The maximum Gasteiger partial charge on any atom is 0.326 e. The number of fused-ring (bicyclic) bond motifs is 1. The molecule has 0 bridgehead atoms. The lowest BCUT2D eigenvalue weighted by atomic mass is 9.85. The summed E-state index contributed by atoms with van der Waals surface area (Å²) in [7, 11) is 0. The summed E-state index contributed by atoms with van der Waals surface area (Å²) in [6.45, 7) is 0.850. The van der Waals surface area contributed by atoms with E-state index < -0.39 is 36.9 Å². The zero-order chi connectivity index (χ0) is 19.6. The maximum absolute atomic E-state index is 12.3. The number of amides is 3. The first kappa shape index (κ1) is 19.1. The van der Waals surface area contributed by atoms with Gasteiger partial charge in [-0.1, -0.05) is 29.8 Å². The Bertz CT molecular complexity index is 809. The van der Waals surface area contributed by atoms with Gasteiger partial charge in [0.2, 0.25) is 11.8 Å². The van der Waals surface area contributed by atoms with E-state index in [0.29, 0.717) is 23.6 Å². The van der Waals surface area contributed by atoms with E-state index in [9.17, 15) is 19.2 Å². The lowest BCUT2D eigenvalue weighted by Crippen LogP contribution is -2.37. The summed E-state index contributed by atoms with van der Waals surface area (Å²) in [6, 6.07) is 5.13. The number of rotatable bonds is 5. The molecule has 1 aliphatic carbocycles. The SMILES string of the molecule is Cc1ccc(NC(=O)COC(=O)CN2C(=O)[C@H]3CC=CC[C@H]3C2=O)c(Cl)c1. The second kappa shape index (κ2) is 7.92. The van der Waals surface area contributed by atoms with Gasteiger partial charge in [-0.2, -0.15) is 0 Å². The quantitative estimate of drug-likeness (QED) is 0.472. The van der Waals surface area contributed by atoms with Crippen molar-refractivity contribution in [2.45, 2.75) is 19.8 Å². The molecule has 2 aliphatic rings. The summed E-state index contributed by atoms with van der Waals surface area (Å²) >= 11 is 6.03. The van der Waals surface area contributed by atoms with Crippen LogP contribution < -0.4 is 5.32 Å². The fourth-order valence-electron chi connectivity index (χ4n) is 3.25. The molecule has 2 atom stereocenters. The number of carbonyl (C=O) groups is 4. The summed E-state index contributed by atoms with van der Waals surface area (Å²) in [5, 5.41) is 2.91. The van der Waals surface area contributed by atoms with Crippen molar-refractivity contribution >= 4 is 41.0 Å². The highest BCUT2D eigenvalue weighted by Crippen LogP contribution is 2.34. The Morgan fingerprint density at radius 2 is 1.81 bits per heavy atom. The molecule has 1 heterocycles. The van der Waals surface area contributed by atoms with Gasteiger partial charge in [0.1, 0.15) is 6.54 Å². The Kier molecular flexibility index (Phi) is 5.60. The molecule has 8 heteroatoms. The minimum atomic E-state index is -0.812. The summed E-state index contributed by atoms with van der Waals surface area (Å²) in [6.07, 6.45) is 4.74. The van der Waals surface area contributed by atoms with Crippen LogP contribution in [0.1, 0.15) is 18.4 Å². The van der Waals surface area contributed by atoms with Crippen molar-refractivity contribution in [2.75, 3.05) is 18.5 Å². The Morgan fingerprint density at radius 3 is 2.41 bits per heavy atom. The highest BCUT2D eigenvalue weighted by atomic mass is 35.5. The number of anilines is 1. The Hall–Kier alpha value is -2.67. The van der Waals surface area contributed by atoms with Gasteiger partial charge in [0.05, 0.1) is 22.5 Å². The number of halogens is 1. The Labute approximate surface area is 161 Å². The molecule has 1 fully saturated rings. The van der Waals surface area contributed by atoms with Crippen LogP contribution in [-0.2, 0) is 23.9 Å². The van der Waals surface area contributed by atoms with Gasteiger partial charge in [-0.15, -0.1) is 0 Å². The van der Waals surface area contributed by atoms with Crippen molar-refractivity contribution in [3.05, 3.63) is 40.9 Å². The number of carbonyl (C=O) groups excluding carboxylic acids is 4. The first-order valence-corrected chi connectivity index (χ1v) is 8.96. The molecule has 0 aromatic heterocycles. The van der Waals surface area contributed by atoms with E-state index in [0.717, 1.165) is 10.5 Å². The van der Waals surface area contributed by atoms with E-state index in [2.05, 4.69) is 5.32 Å². The fraction of sp³-hybridized carbons (Fsp3) is 0.368. The normalized spacial score (nSPS) is 21.2. The number of imide groups is 1. The van der Waals surface area contributed by atoms with Crippen molar-refractivity contribution < 1.29 is 23.9 Å². The summed E-state index contributed by atoms with van der Waals surface area (Å²) in [5.41, 5.74) is 1.35. The summed E-state index contributed by atoms with van der Waals surface area (Å²) in [4.78, 5) is 49.4. The second-order valence-corrected chi connectivity index (χ2v) is 7.02. The van der Waals surface area contributed by atoms with Crippen LogP contribution in [0.2, 0.25) is 5.02 Å². The van der Waals surface area contributed by atoms with Crippen molar-refractivity contribution in [1.29, 1.82) is 0 Å². The third-order valence-corrected chi connectivity index (χ3v) is 4.96. The van der Waals surface area contributed by atoms with Crippen LogP contribution in [0.5, 0.6) is 0 Å². The Morgan fingerprint density at radius 1 is 1.19 bits per heavy atom. The summed E-state index contributed by atoms with van der Waals surface area (Å²) < 4.78 is 4.90. The predicted octanol–water partition coefficient (Wildman–Crippen LogP) is 2.08. The number of aryl methyl sites for hydroxylation is 1. The maximum atomic E-state index is 12.3. The van der Waals surface area contributed by atoms with Crippen molar-refractivity contribution in [3.8, 4) is 0 Å². The van der Waals surface area contributed by atoms with E-state index in [1.165, 1.54) is 0 Å². The molecular weight excluding hydrogens is 372 g/mol. The number of hydrogen-bond acceptors (Lipinski definition) is 5. The average Bonchev–Trinajstić information content (AvgIpc) is 2.88. The number of nitrogens with zero attached hydrogens (tertiary/aromatic N) is 1. The van der Waals surface area contributed by atoms with E-state index in [4.69, 9.17) is 16.3 Å². The van der Waals surface area contributed by atoms with Crippen LogP contribution in [0.4, 0.5) is 5.69 Å². The minimum Gasteiger partial charge on any atom is -0.454 e. The molecule has 142 valence electrons. The number of likely N-dealkylation sites (tertiary alicyclic amines) is 1. The van der Waals surface area contributed by atoms with E-state index in [1.54, 1.807) is 18.2 Å². The van der Waals surface area contributed by atoms with E-state index >= 15 is 0 Å². The van der Waals surface area contributed by atoms with Crippen molar-refractivity contribution in [2.24, 2.45) is 11.8 Å². The topological polar surface area (TPSA) is 92.8 Å². The summed E-state index contributed by atoms with van der Waals surface area (Å²) in [5.74, 6) is -2.89. The first-order valence-electron chi connectivity index (χ1n) is 8.58. The molecule has 1 saturated heterocycles. The van der Waals surface area contributed by atoms with Crippen LogP contribution in [0.3, 0.4) is 0 Å². The molecule has 3 amide bonds. The zero-order valence-corrected chi connectivity index (χ0v) is 15.5. The third kappa shape index (κ3) is 4.19. The molecule has 1 aromatic rings. The van der Waals surface area contributed by atoms with Gasteiger partial charge in [0.15, 0.2) is 6.61 Å². The molecule has 27 heavy (non-hydrogen) atoms. The van der Waals surface area contributed by atoms with Crippen LogP contribution in [0.15, 0.2) is 30.4 Å². The predicted molar refractivity (Wildman–Crippen MR) is 97.9 cm³/mol. The van der Waals surface area contributed by atoms with Gasteiger partial charge in [0.25, 0.3) is 5.91 Å². The zero-order valence-electron chi connectivity index (χ0n) is 14.7. The number of hydrogen-bond donors (Lipinski definition) is 1. The van der Waals surface area contributed by atoms with Crippen LogP contribution in [-0.4, -0.2) is 41.7 Å². The van der Waals surface area contributed by atoms with Gasteiger partial charge in [0, 0.05) is 0 Å². The highest BCUT2D eigenvalue weighted by Gasteiger charge is 2.47. The molecule has 1 aromatic carbocycles. The average molecular weight is 391 g/mol. The van der Waals surface area contributed by atoms with Crippen molar-refractivity contribution in [1.82, 2.24) is 4.90 Å². The third-order valence-electron chi connectivity index (χ3n) is 4.65. The molecule has 0 radical (unpaired) electrons. The smallest absolute Gasteiger partial charge is 0.326 e. The lowest BCUT2D eigenvalue weighted by Gasteiger charge is -2.14. The largest absolute Gasteiger partial charge is 0.454 e. The molecule has 0 spiro atoms. The molecule has 7 nitrogen and oxygen atoms in total. The van der Waals surface area contributed by atoms with Crippen molar-refractivity contribution in [3.63, 3.8) is 0 Å². The van der Waals surface area contributed by atoms with Crippen LogP contribution >= 0.6 is 11.6 Å². The molecular formula is C19H19ClN2O5. The lowest BCUT2D eigenvalue weighted by molar-refractivity contribution is -0.154. The number of benzene rings is 1. The fourth-order valence-corrected chi connectivity index (χ4v) is 3.54. The number of ether oxygens (including phenoxy) is 1. The minimum absolute atomic E-state index is 0.359. The second-order valence-electron chi connectivity index (χ2n) is 6.61. The number of nitrogens with one attached hydrogen (secondary N) is 1. The van der Waals surface area contributed by atoms with Crippen LogP contribution in [0.25, 0.3) is 0 Å². The molecule has 0 unspecified atom stereocenters. The monoisotopic (exact) mass is 390 g/mol.